The van der Waals surface area contributed by atoms with Crippen molar-refractivity contribution < 1.29 is 4.79 Å². The number of hydrogen-bond acceptors (Lipinski definition) is 5. The number of anilines is 1. The number of nitrogens with two attached hydrogens (primary N) is 1. The smallest absolute Gasteiger partial charge is 0.264 e. The summed E-state index contributed by atoms with van der Waals surface area (Å²) in [5.41, 5.74) is 7.19. The predicted molar refractivity (Wildman–Crippen MR) is 71.5 cm³/mol. The standard InChI is InChI=1S/C11H13N3OS2/c1-6-5-17-11(13-6)7(2)14-10(15)9-8(12)3-4-16-9/h3-5,7H,12H2,1-2H3,(H,14,15). The van der Waals surface area contributed by atoms with E-state index < -0.39 is 0 Å². The molecular formula is C11H13N3OS2. The summed E-state index contributed by atoms with van der Waals surface area (Å²) in [5.74, 6) is -0.141. The Kier molecular flexibility index (Phi) is 3.44. The second kappa shape index (κ2) is 4.85. The fraction of sp³-hybridized carbons (Fsp3) is 0.273. The van der Waals surface area contributed by atoms with Gasteiger partial charge in [-0.1, -0.05) is 0 Å². The first-order valence-corrected chi connectivity index (χ1v) is 6.89. The Labute approximate surface area is 107 Å². The van der Waals surface area contributed by atoms with Gasteiger partial charge in [0.2, 0.25) is 0 Å². The van der Waals surface area contributed by atoms with Gasteiger partial charge in [-0.2, -0.15) is 0 Å². The molecule has 17 heavy (non-hydrogen) atoms. The lowest BCUT2D eigenvalue weighted by molar-refractivity contribution is 0.0944. The van der Waals surface area contributed by atoms with Gasteiger partial charge in [-0.25, -0.2) is 4.98 Å². The molecule has 1 amide bonds. The zero-order valence-electron chi connectivity index (χ0n) is 9.56. The molecule has 6 heteroatoms. The number of nitrogen functional groups attached to an aromatic ring is 1. The van der Waals surface area contributed by atoms with Gasteiger partial charge in [0.05, 0.1) is 11.7 Å². The van der Waals surface area contributed by atoms with E-state index in [0.29, 0.717) is 10.6 Å². The van der Waals surface area contributed by atoms with Crippen LogP contribution in [0.3, 0.4) is 0 Å². The van der Waals surface area contributed by atoms with Gasteiger partial charge in [-0.05, 0) is 25.3 Å². The molecule has 2 heterocycles. The number of thiazole rings is 1. The van der Waals surface area contributed by atoms with E-state index in [1.807, 2.05) is 24.6 Å². The normalized spacial score (nSPS) is 12.4. The van der Waals surface area contributed by atoms with Crippen molar-refractivity contribution in [3.05, 3.63) is 32.4 Å². The lowest BCUT2D eigenvalue weighted by Gasteiger charge is -2.10. The lowest BCUT2D eigenvalue weighted by Crippen LogP contribution is -2.26. The van der Waals surface area contributed by atoms with Crippen molar-refractivity contribution in [1.82, 2.24) is 10.3 Å². The van der Waals surface area contributed by atoms with Crippen LogP contribution in [0.1, 0.15) is 33.3 Å². The molecule has 0 radical (unpaired) electrons. The third kappa shape index (κ3) is 2.65. The Hall–Kier alpha value is -1.40. The van der Waals surface area contributed by atoms with E-state index in [1.54, 1.807) is 17.4 Å². The van der Waals surface area contributed by atoms with E-state index in [4.69, 9.17) is 5.73 Å². The van der Waals surface area contributed by atoms with Crippen LogP contribution in [0, 0.1) is 6.92 Å². The molecule has 1 unspecified atom stereocenters. The van der Waals surface area contributed by atoms with Crippen molar-refractivity contribution >= 4 is 34.3 Å². The Morgan fingerprint density at radius 2 is 2.29 bits per heavy atom. The van der Waals surface area contributed by atoms with Gasteiger partial charge in [0.25, 0.3) is 5.91 Å². The summed E-state index contributed by atoms with van der Waals surface area (Å²) in [7, 11) is 0. The van der Waals surface area contributed by atoms with Crippen LogP contribution in [0.2, 0.25) is 0 Å². The van der Waals surface area contributed by atoms with Gasteiger partial charge in [0, 0.05) is 11.1 Å². The third-order valence-electron chi connectivity index (χ3n) is 2.26. The van der Waals surface area contributed by atoms with Crippen LogP contribution in [0.15, 0.2) is 16.8 Å². The first-order valence-electron chi connectivity index (χ1n) is 5.14. The van der Waals surface area contributed by atoms with Crippen LogP contribution in [0.4, 0.5) is 5.69 Å². The highest BCUT2D eigenvalue weighted by Crippen LogP contribution is 2.21. The number of nitrogens with zero attached hydrogens (tertiary/aromatic N) is 1. The maximum absolute atomic E-state index is 11.9. The zero-order chi connectivity index (χ0) is 12.4. The third-order valence-corrected chi connectivity index (χ3v) is 4.33. The second-order valence-corrected chi connectivity index (χ2v) is 5.53. The maximum atomic E-state index is 11.9. The molecule has 0 spiro atoms. The van der Waals surface area contributed by atoms with Crippen LogP contribution in [0.25, 0.3) is 0 Å². The number of amides is 1. The summed E-state index contributed by atoms with van der Waals surface area (Å²) in [6.07, 6.45) is 0. The van der Waals surface area contributed by atoms with E-state index in [1.165, 1.54) is 11.3 Å². The van der Waals surface area contributed by atoms with Crippen molar-refractivity contribution in [1.29, 1.82) is 0 Å². The Morgan fingerprint density at radius 1 is 1.53 bits per heavy atom. The first-order chi connectivity index (χ1) is 8.08. The minimum Gasteiger partial charge on any atom is -0.397 e. The minimum atomic E-state index is -0.141. The van der Waals surface area contributed by atoms with Gasteiger partial charge >= 0.3 is 0 Å². The average Bonchev–Trinajstić information content (AvgIpc) is 2.86. The van der Waals surface area contributed by atoms with Crippen molar-refractivity contribution in [2.75, 3.05) is 5.73 Å². The Morgan fingerprint density at radius 3 is 2.82 bits per heavy atom. The number of aromatic nitrogens is 1. The summed E-state index contributed by atoms with van der Waals surface area (Å²) in [6.45, 7) is 3.85. The molecular weight excluding hydrogens is 254 g/mol. The van der Waals surface area contributed by atoms with Crippen molar-refractivity contribution in [3.8, 4) is 0 Å². The fourth-order valence-corrected chi connectivity index (χ4v) is 2.92. The number of nitrogens with one attached hydrogen (secondary N) is 1. The Bertz CT molecular complexity index is 532. The number of aryl methyl sites for hydroxylation is 1. The molecule has 0 aliphatic heterocycles. The molecule has 2 rings (SSSR count). The fourth-order valence-electron chi connectivity index (χ4n) is 1.40. The Balaban J connectivity index is 2.07. The first kappa shape index (κ1) is 12.1. The molecule has 0 saturated carbocycles. The van der Waals surface area contributed by atoms with Crippen LogP contribution in [-0.4, -0.2) is 10.9 Å². The monoisotopic (exact) mass is 267 g/mol. The van der Waals surface area contributed by atoms with E-state index in [9.17, 15) is 4.79 Å². The maximum Gasteiger partial charge on any atom is 0.264 e. The number of carbonyl (C=O) groups excluding carboxylic acids is 1. The van der Waals surface area contributed by atoms with Crippen molar-refractivity contribution in [2.24, 2.45) is 0 Å². The summed E-state index contributed by atoms with van der Waals surface area (Å²) in [4.78, 5) is 16.8. The van der Waals surface area contributed by atoms with Crippen LogP contribution < -0.4 is 11.1 Å². The van der Waals surface area contributed by atoms with Gasteiger partial charge in [0.1, 0.15) is 9.88 Å². The zero-order valence-corrected chi connectivity index (χ0v) is 11.2. The predicted octanol–water partition coefficient (Wildman–Crippen LogP) is 2.59. The molecule has 1 atom stereocenters. The van der Waals surface area contributed by atoms with E-state index in [-0.39, 0.29) is 11.9 Å². The molecule has 0 saturated heterocycles. The summed E-state index contributed by atoms with van der Waals surface area (Å²) >= 11 is 2.89. The molecule has 3 N–H and O–H groups in total. The largest absolute Gasteiger partial charge is 0.397 e. The van der Waals surface area contributed by atoms with Crippen molar-refractivity contribution in [2.45, 2.75) is 19.9 Å². The van der Waals surface area contributed by atoms with Gasteiger partial charge in [-0.15, -0.1) is 22.7 Å². The molecule has 90 valence electrons. The quantitative estimate of drug-likeness (QED) is 0.898. The summed E-state index contributed by atoms with van der Waals surface area (Å²) in [5, 5.41) is 7.58. The number of thiophene rings is 1. The topological polar surface area (TPSA) is 68.0 Å². The van der Waals surface area contributed by atoms with Crippen LogP contribution in [-0.2, 0) is 0 Å². The molecule has 0 aliphatic carbocycles. The molecule has 2 aromatic heterocycles. The molecule has 0 bridgehead atoms. The van der Waals surface area contributed by atoms with Gasteiger partial charge in [-0.3, -0.25) is 4.79 Å². The second-order valence-electron chi connectivity index (χ2n) is 3.73. The highest BCUT2D eigenvalue weighted by Gasteiger charge is 2.16. The molecule has 0 fully saturated rings. The highest BCUT2D eigenvalue weighted by atomic mass is 32.1. The molecule has 4 nitrogen and oxygen atoms in total. The average molecular weight is 267 g/mol. The van der Waals surface area contributed by atoms with E-state index in [2.05, 4.69) is 10.3 Å². The molecule has 0 aliphatic rings. The minimum absolute atomic E-state index is 0.0947. The number of hydrogen-bond donors (Lipinski definition) is 2. The molecule has 0 aromatic carbocycles. The van der Waals surface area contributed by atoms with Crippen LogP contribution in [0.5, 0.6) is 0 Å². The summed E-state index contributed by atoms with van der Waals surface area (Å²) < 4.78 is 0. The van der Waals surface area contributed by atoms with Crippen LogP contribution >= 0.6 is 22.7 Å². The number of carbonyl (C=O) groups is 1. The van der Waals surface area contributed by atoms with E-state index in [0.717, 1.165) is 10.7 Å². The summed E-state index contributed by atoms with van der Waals surface area (Å²) in [6, 6.07) is 1.64. The van der Waals surface area contributed by atoms with E-state index >= 15 is 0 Å². The number of rotatable bonds is 3. The SMILES string of the molecule is Cc1csc(C(C)NC(=O)c2sccc2N)n1. The molecule has 2 aromatic rings. The van der Waals surface area contributed by atoms with Gasteiger partial charge in [0.15, 0.2) is 0 Å². The lowest BCUT2D eigenvalue weighted by atomic mass is 10.3. The van der Waals surface area contributed by atoms with Gasteiger partial charge < -0.3 is 11.1 Å². The van der Waals surface area contributed by atoms with Crippen molar-refractivity contribution in [3.63, 3.8) is 0 Å². The highest BCUT2D eigenvalue weighted by molar-refractivity contribution is 7.12.